The normalized spacial score (nSPS) is 17.0. The Bertz CT molecular complexity index is 780. The number of likely N-dealkylation sites (tertiary alicyclic amines) is 1. The van der Waals surface area contributed by atoms with Gasteiger partial charge in [0.15, 0.2) is 6.61 Å². The standard InChI is InChI=1S/C19H21N3O5/c1-26-15-7-5-13(6-8-15)10-14(11-20)19(25)27-12-17(23)22-9-3-2-4-16(22)18(21)24/h5-8,10,16H,2-4,9,12H2,1H3,(H2,21,24)/b14-10+/t16-/m0/s1. The zero-order valence-electron chi connectivity index (χ0n) is 15.0. The van der Waals surface area contributed by atoms with Gasteiger partial charge in [-0.15, -0.1) is 0 Å². The molecule has 0 saturated carbocycles. The minimum atomic E-state index is -0.908. The molecule has 0 bridgehead atoms. The number of hydrogen-bond acceptors (Lipinski definition) is 6. The van der Waals surface area contributed by atoms with E-state index in [2.05, 4.69) is 0 Å². The number of carbonyl (C=O) groups is 3. The van der Waals surface area contributed by atoms with Crippen LogP contribution >= 0.6 is 0 Å². The van der Waals surface area contributed by atoms with Crippen LogP contribution in [0.5, 0.6) is 5.75 Å². The Balaban J connectivity index is 1.99. The molecule has 1 atom stereocenters. The molecule has 2 N–H and O–H groups in total. The van der Waals surface area contributed by atoms with Crippen molar-refractivity contribution in [2.75, 3.05) is 20.3 Å². The van der Waals surface area contributed by atoms with Gasteiger partial charge in [0.1, 0.15) is 23.4 Å². The Kier molecular flexibility index (Phi) is 6.94. The second kappa shape index (κ2) is 9.38. The van der Waals surface area contributed by atoms with Crippen molar-refractivity contribution in [3.8, 4) is 11.8 Å². The fraction of sp³-hybridized carbons (Fsp3) is 0.368. The van der Waals surface area contributed by atoms with Crippen molar-refractivity contribution in [1.82, 2.24) is 4.90 Å². The zero-order valence-corrected chi connectivity index (χ0v) is 15.0. The number of amides is 2. The van der Waals surface area contributed by atoms with Crippen LogP contribution in [0.25, 0.3) is 6.08 Å². The van der Waals surface area contributed by atoms with Crippen LogP contribution in [0.4, 0.5) is 0 Å². The first kappa shape index (κ1) is 20.0. The largest absolute Gasteiger partial charge is 0.497 e. The van der Waals surface area contributed by atoms with E-state index in [1.54, 1.807) is 30.3 Å². The fourth-order valence-corrected chi connectivity index (χ4v) is 2.82. The van der Waals surface area contributed by atoms with Crippen molar-refractivity contribution in [3.63, 3.8) is 0 Å². The summed E-state index contributed by atoms with van der Waals surface area (Å²) in [6.45, 7) is -0.166. The Morgan fingerprint density at radius 1 is 1.30 bits per heavy atom. The number of piperidine rings is 1. The van der Waals surface area contributed by atoms with E-state index in [9.17, 15) is 19.6 Å². The summed E-state index contributed by atoms with van der Waals surface area (Å²) in [4.78, 5) is 37.2. The van der Waals surface area contributed by atoms with Gasteiger partial charge in [-0.2, -0.15) is 5.26 Å². The second-order valence-corrected chi connectivity index (χ2v) is 6.02. The zero-order chi connectivity index (χ0) is 19.8. The number of hydrogen-bond donors (Lipinski definition) is 1. The summed E-state index contributed by atoms with van der Waals surface area (Å²) in [6, 6.07) is 7.82. The van der Waals surface area contributed by atoms with Gasteiger partial charge in [-0.3, -0.25) is 9.59 Å². The molecular formula is C19H21N3O5. The minimum Gasteiger partial charge on any atom is -0.497 e. The fourth-order valence-electron chi connectivity index (χ4n) is 2.82. The van der Waals surface area contributed by atoms with Crippen LogP contribution in [0.1, 0.15) is 24.8 Å². The third kappa shape index (κ3) is 5.31. The van der Waals surface area contributed by atoms with Gasteiger partial charge in [-0.05, 0) is 43.0 Å². The van der Waals surface area contributed by atoms with E-state index in [1.165, 1.54) is 18.1 Å². The van der Waals surface area contributed by atoms with Crippen LogP contribution in [-0.4, -0.2) is 49.0 Å². The molecule has 2 rings (SSSR count). The highest BCUT2D eigenvalue weighted by atomic mass is 16.5. The van der Waals surface area contributed by atoms with E-state index in [0.717, 1.165) is 12.8 Å². The van der Waals surface area contributed by atoms with Crippen LogP contribution in [0, 0.1) is 11.3 Å². The molecule has 1 aliphatic rings. The van der Waals surface area contributed by atoms with Crippen molar-refractivity contribution in [3.05, 3.63) is 35.4 Å². The van der Waals surface area contributed by atoms with Crippen LogP contribution in [0.15, 0.2) is 29.8 Å². The SMILES string of the molecule is COc1ccc(/C=C(\C#N)C(=O)OCC(=O)N2CCCC[C@H]2C(N)=O)cc1. The number of carbonyl (C=O) groups excluding carboxylic acids is 3. The molecule has 1 aliphatic heterocycles. The van der Waals surface area contributed by atoms with Crippen LogP contribution in [0.3, 0.4) is 0 Å². The van der Waals surface area contributed by atoms with Gasteiger partial charge < -0.3 is 20.1 Å². The molecule has 27 heavy (non-hydrogen) atoms. The number of benzene rings is 1. The predicted octanol–water partition coefficient (Wildman–Crippen LogP) is 1.01. The van der Waals surface area contributed by atoms with Crippen LogP contribution < -0.4 is 10.5 Å². The number of methoxy groups -OCH3 is 1. The van der Waals surface area contributed by atoms with Crippen LogP contribution in [-0.2, 0) is 19.1 Å². The Labute approximate surface area is 157 Å². The summed E-state index contributed by atoms with van der Waals surface area (Å²) in [5.74, 6) is -1.35. The summed E-state index contributed by atoms with van der Waals surface area (Å²) in [5, 5.41) is 9.19. The lowest BCUT2D eigenvalue weighted by atomic mass is 10.0. The highest BCUT2D eigenvalue weighted by Gasteiger charge is 2.31. The van der Waals surface area contributed by atoms with E-state index < -0.39 is 30.4 Å². The van der Waals surface area contributed by atoms with Crippen molar-refractivity contribution >= 4 is 23.9 Å². The number of nitrogens with two attached hydrogens (primary N) is 1. The number of primary amides is 1. The van der Waals surface area contributed by atoms with Gasteiger partial charge in [-0.25, -0.2) is 4.79 Å². The molecule has 2 amide bonds. The van der Waals surface area contributed by atoms with Crippen molar-refractivity contribution in [2.45, 2.75) is 25.3 Å². The second-order valence-electron chi connectivity index (χ2n) is 6.02. The van der Waals surface area contributed by atoms with E-state index in [4.69, 9.17) is 15.2 Å². The molecule has 142 valence electrons. The first-order valence-corrected chi connectivity index (χ1v) is 8.48. The molecule has 1 fully saturated rings. The Morgan fingerprint density at radius 2 is 2.00 bits per heavy atom. The van der Waals surface area contributed by atoms with Crippen molar-refractivity contribution in [2.24, 2.45) is 5.73 Å². The monoisotopic (exact) mass is 371 g/mol. The third-order valence-electron chi connectivity index (χ3n) is 4.25. The first-order chi connectivity index (χ1) is 13.0. The average Bonchev–Trinajstić information content (AvgIpc) is 2.70. The predicted molar refractivity (Wildman–Crippen MR) is 96.1 cm³/mol. The maximum Gasteiger partial charge on any atom is 0.349 e. The van der Waals surface area contributed by atoms with E-state index in [-0.39, 0.29) is 5.57 Å². The number of nitrogens with zero attached hydrogens (tertiary/aromatic N) is 2. The maximum atomic E-state index is 12.3. The number of nitriles is 1. The first-order valence-electron chi connectivity index (χ1n) is 8.48. The molecule has 0 unspecified atom stereocenters. The summed E-state index contributed by atoms with van der Waals surface area (Å²) in [5.41, 5.74) is 5.70. The topological polar surface area (TPSA) is 123 Å². The molecule has 0 aromatic heterocycles. The molecule has 8 heteroatoms. The molecular weight excluding hydrogens is 350 g/mol. The summed E-state index contributed by atoms with van der Waals surface area (Å²) in [6.07, 6.45) is 3.42. The lowest BCUT2D eigenvalue weighted by Gasteiger charge is -2.33. The molecule has 1 heterocycles. The van der Waals surface area contributed by atoms with Crippen LogP contribution in [0.2, 0.25) is 0 Å². The number of ether oxygens (including phenoxy) is 2. The Morgan fingerprint density at radius 3 is 2.59 bits per heavy atom. The molecule has 0 radical (unpaired) electrons. The minimum absolute atomic E-state index is 0.238. The summed E-state index contributed by atoms with van der Waals surface area (Å²) in [7, 11) is 1.53. The maximum absolute atomic E-state index is 12.3. The van der Waals surface area contributed by atoms with E-state index >= 15 is 0 Å². The lowest BCUT2D eigenvalue weighted by molar-refractivity contribution is -0.152. The summed E-state index contributed by atoms with van der Waals surface area (Å²) >= 11 is 0. The molecule has 8 nitrogen and oxygen atoms in total. The quantitative estimate of drug-likeness (QED) is 0.452. The average molecular weight is 371 g/mol. The molecule has 1 aromatic rings. The van der Waals surface area contributed by atoms with Gasteiger partial charge in [0, 0.05) is 6.54 Å². The molecule has 0 aliphatic carbocycles. The van der Waals surface area contributed by atoms with Gasteiger partial charge >= 0.3 is 5.97 Å². The molecule has 0 spiro atoms. The smallest absolute Gasteiger partial charge is 0.349 e. The number of esters is 1. The van der Waals surface area contributed by atoms with Crippen molar-refractivity contribution in [1.29, 1.82) is 5.26 Å². The van der Waals surface area contributed by atoms with E-state index in [0.29, 0.717) is 24.3 Å². The van der Waals surface area contributed by atoms with Crippen molar-refractivity contribution < 1.29 is 23.9 Å². The van der Waals surface area contributed by atoms with Gasteiger partial charge in [-0.1, -0.05) is 12.1 Å². The highest BCUT2D eigenvalue weighted by Crippen LogP contribution is 2.17. The third-order valence-corrected chi connectivity index (χ3v) is 4.25. The Hall–Kier alpha value is -3.34. The van der Waals surface area contributed by atoms with Gasteiger partial charge in [0.25, 0.3) is 5.91 Å². The van der Waals surface area contributed by atoms with E-state index in [1.807, 2.05) is 0 Å². The lowest BCUT2D eigenvalue weighted by Crippen LogP contribution is -2.51. The molecule has 1 aromatic carbocycles. The summed E-state index contributed by atoms with van der Waals surface area (Å²) < 4.78 is 10.0. The number of rotatable bonds is 6. The highest BCUT2D eigenvalue weighted by molar-refractivity contribution is 5.99. The van der Waals surface area contributed by atoms with Gasteiger partial charge in [0.2, 0.25) is 5.91 Å². The molecule has 1 saturated heterocycles. The van der Waals surface area contributed by atoms with Gasteiger partial charge in [0.05, 0.1) is 7.11 Å².